The molecule has 1 aliphatic heterocycles. The van der Waals surface area contributed by atoms with Gasteiger partial charge in [-0.1, -0.05) is 30.3 Å². The fourth-order valence-electron chi connectivity index (χ4n) is 3.90. The van der Waals surface area contributed by atoms with Gasteiger partial charge in [-0.15, -0.1) is 12.4 Å². The lowest BCUT2D eigenvalue weighted by Crippen LogP contribution is -2.44. The molecule has 1 aromatic carbocycles. The molecule has 2 N–H and O–H groups in total. The van der Waals surface area contributed by atoms with Crippen molar-refractivity contribution in [3.8, 4) is 0 Å². The number of hydrogen-bond acceptors (Lipinski definition) is 5. The van der Waals surface area contributed by atoms with Crippen LogP contribution in [0.25, 0.3) is 0 Å². The van der Waals surface area contributed by atoms with E-state index in [9.17, 15) is 14.4 Å². The van der Waals surface area contributed by atoms with Crippen LogP contribution in [0, 0.1) is 12.8 Å². The maximum atomic E-state index is 13.3. The van der Waals surface area contributed by atoms with Gasteiger partial charge < -0.3 is 19.9 Å². The predicted molar refractivity (Wildman–Crippen MR) is 121 cm³/mol. The summed E-state index contributed by atoms with van der Waals surface area (Å²) >= 11 is 0. The molecule has 2 aromatic rings. The lowest BCUT2D eigenvalue weighted by Gasteiger charge is -2.25. The molecule has 168 valence electrons. The number of aromatic nitrogens is 1. The average Bonchev–Trinajstić information content (AvgIpc) is 2.95. The Labute approximate surface area is 188 Å². The highest BCUT2D eigenvalue weighted by atomic mass is 35.5. The first kappa shape index (κ1) is 24.6. The maximum absolute atomic E-state index is 13.3. The van der Waals surface area contributed by atoms with Crippen molar-refractivity contribution in [2.45, 2.75) is 38.8 Å². The highest BCUT2D eigenvalue weighted by Crippen LogP contribution is 2.19. The number of halogens is 1. The SMILES string of the molecule is COC(=O)[C@H]1CC[C@@H](N)CN(C(=O)c2c(C)ccn(CCc3ccccc3)c2=O)C1.Cl. The number of pyridine rings is 1. The molecule has 0 spiro atoms. The summed E-state index contributed by atoms with van der Waals surface area (Å²) in [6.45, 7) is 2.75. The number of amides is 1. The van der Waals surface area contributed by atoms with Gasteiger partial charge in [0.2, 0.25) is 0 Å². The normalized spacial score (nSPS) is 18.6. The smallest absolute Gasteiger partial charge is 0.310 e. The third-order valence-corrected chi connectivity index (χ3v) is 5.67. The largest absolute Gasteiger partial charge is 0.469 e. The van der Waals surface area contributed by atoms with E-state index < -0.39 is 5.92 Å². The number of rotatable bonds is 5. The molecule has 1 saturated heterocycles. The third-order valence-electron chi connectivity index (χ3n) is 5.67. The summed E-state index contributed by atoms with van der Waals surface area (Å²) in [6.07, 6.45) is 3.60. The fraction of sp³-hybridized carbons (Fsp3) is 0.435. The van der Waals surface area contributed by atoms with E-state index in [4.69, 9.17) is 10.5 Å². The molecule has 0 radical (unpaired) electrons. The van der Waals surface area contributed by atoms with Crippen molar-refractivity contribution in [1.29, 1.82) is 0 Å². The van der Waals surface area contributed by atoms with Crippen molar-refractivity contribution >= 4 is 24.3 Å². The molecule has 1 amide bonds. The Kier molecular flexibility index (Phi) is 8.83. The van der Waals surface area contributed by atoms with Crippen molar-refractivity contribution in [3.63, 3.8) is 0 Å². The minimum atomic E-state index is -0.433. The summed E-state index contributed by atoms with van der Waals surface area (Å²) < 4.78 is 6.44. The number of benzene rings is 1. The first-order valence-corrected chi connectivity index (χ1v) is 10.3. The highest BCUT2D eigenvalue weighted by molar-refractivity contribution is 5.95. The van der Waals surface area contributed by atoms with Crippen molar-refractivity contribution in [2.24, 2.45) is 11.7 Å². The first-order valence-electron chi connectivity index (χ1n) is 10.3. The van der Waals surface area contributed by atoms with Gasteiger partial charge in [0.1, 0.15) is 5.56 Å². The number of aryl methyl sites for hydroxylation is 3. The van der Waals surface area contributed by atoms with Crippen molar-refractivity contribution in [1.82, 2.24) is 9.47 Å². The van der Waals surface area contributed by atoms with E-state index in [1.807, 2.05) is 30.3 Å². The molecule has 7 nitrogen and oxygen atoms in total. The zero-order valence-corrected chi connectivity index (χ0v) is 18.8. The molecule has 2 atom stereocenters. The Morgan fingerprint density at radius 2 is 1.84 bits per heavy atom. The van der Waals surface area contributed by atoms with E-state index in [0.717, 1.165) is 5.56 Å². The van der Waals surface area contributed by atoms with E-state index >= 15 is 0 Å². The van der Waals surface area contributed by atoms with Crippen LogP contribution in [-0.4, -0.2) is 47.6 Å². The lowest BCUT2D eigenvalue weighted by atomic mass is 10.0. The molecule has 31 heavy (non-hydrogen) atoms. The first-order chi connectivity index (χ1) is 14.4. The van der Waals surface area contributed by atoms with Gasteiger partial charge in [-0.2, -0.15) is 0 Å². The molecule has 2 heterocycles. The van der Waals surface area contributed by atoms with Crippen LogP contribution in [-0.2, 0) is 22.5 Å². The van der Waals surface area contributed by atoms with Crippen LogP contribution in [0.5, 0.6) is 0 Å². The molecule has 0 saturated carbocycles. The topological polar surface area (TPSA) is 94.6 Å². The number of hydrogen-bond donors (Lipinski definition) is 1. The van der Waals surface area contributed by atoms with Gasteiger partial charge in [0, 0.05) is 31.9 Å². The summed E-state index contributed by atoms with van der Waals surface area (Å²) in [5.41, 5.74) is 7.70. The number of nitrogens with two attached hydrogens (primary N) is 1. The van der Waals surface area contributed by atoms with Gasteiger partial charge in [-0.3, -0.25) is 14.4 Å². The molecular weight excluding hydrogens is 418 g/mol. The van der Waals surface area contributed by atoms with E-state index in [1.54, 1.807) is 23.8 Å². The number of esters is 1. The molecular formula is C23H30ClN3O4. The molecule has 1 aliphatic rings. The number of carbonyl (C=O) groups is 2. The Hall–Kier alpha value is -2.64. The fourth-order valence-corrected chi connectivity index (χ4v) is 3.90. The monoisotopic (exact) mass is 447 g/mol. The maximum Gasteiger partial charge on any atom is 0.310 e. The van der Waals surface area contributed by atoms with Gasteiger partial charge in [0.15, 0.2) is 0 Å². The standard InChI is InChI=1S/C23H29N3O4.ClH/c1-16-10-12-25(13-11-17-6-4-3-5-7-17)21(27)20(16)22(28)26-14-18(23(29)30-2)8-9-19(24)15-26;/h3-7,10,12,18-19H,8-9,11,13-15,24H2,1-2H3;1H/t18-,19+;/m0./s1. The van der Waals surface area contributed by atoms with E-state index in [2.05, 4.69) is 0 Å². The molecule has 8 heteroatoms. The van der Waals surface area contributed by atoms with Crippen molar-refractivity contribution in [2.75, 3.05) is 20.2 Å². The number of ether oxygens (including phenoxy) is 1. The zero-order valence-electron chi connectivity index (χ0n) is 18.0. The third kappa shape index (κ3) is 5.95. The average molecular weight is 448 g/mol. The molecule has 1 fully saturated rings. The van der Waals surface area contributed by atoms with Gasteiger partial charge in [0.05, 0.1) is 13.0 Å². The molecule has 0 aliphatic carbocycles. The molecule has 1 aromatic heterocycles. The van der Waals surface area contributed by atoms with Crippen LogP contribution in [0.2, 0.25) is 0 Å². The van der Waals surface area contributed by atoms with E-state index in [0.29, 0.717) is 37.9 Å². The van der Waals surface area contributed by atoms with Gasteiger partial charge in [-0.05, 0) is 43.4 Å². The summed E-state index contributed by atoms with van der Waals surface area (Å²) in [6, 6.07) is 11.4. The number of carbonyl (C=O) groups excluding carboxylic acids is 2. The minimum absolute atomic E-state index is 0. The summed E-state index contributed by atoms with van der Waals surface area (Å²) in [5.74, 6) is -1.17. The van der Waals surface area contributed by atoms with Gasteiger partial charge in [-0.25, -0.2) is 0 Å². The summed E-state index contributed by atoms with van der Waals surface area (Å²) in [7, 11) is 1.34. The summed E-state index contributed by atoms with van der Waals surface area (Å²) in [4.78, 5) is 40.1. The number of nitrogens with zero attached hydrogens (tertiary/aromatic N) is 2. The Balaban J connectivity index is 0.00000341. The van der Waals surface area contributed by atoms with Crippen LogP contribution < -0.4 is 11.3 Å². The van der Waals surface area contributed by atoms with Gasteiger partial charge >= 0.3 is 5.97 Å². The van der Waals surface area contributed by atoms with Crippen LogP contribution >= 0.6 is 12.4 Å². The molecule has 0 bridgehead atoms. The highest BCUT2D eigenvalue weighted by Gasteiger charge is 2.32. The van der Waals surface area contributed by atoms with E-state index in [-0.39, 0.29) is 48.0 Å². The molecule has 0 unspecified atom stereocenters. The van der Waals surface area contributed by atoms with Crippen LogP contribution in [0.3, 0.4) is 0 Å². The second-order valence-corrected chi connectivity index (χ2v) is 7.88. The predicted octanol–water partition coefficient (Wildman–Crippen LogP) is 2.17. The van der Waals surface area contributed by atoms with Crippen molar-refractivity contribution in [3.05, 3.63) is 69.6 Å². The van der Waals surface area contributed by atoms with Crippen LogP contribution in [0.1, 0.15) is 34.3 Å². The Morgan fingerprint density at radius 3 is 2.52 bits per heavy atom. The quantitative estimate of drug-likeness (QED) is 0.709. The minimum Gasteiger partial charge on any atom is -0.469 e. The second kappa shape index (κ2) is 11.1. The second-order valence-electron chi connectivity index (χ2n) is 7.88. The zero-order chi connectivity index (χ0) is 21.7. The van der Waals surface area contributed by atoms with Gasteiger partial charge in [0.25, 0.3) is 11.5 Å². The summed E-state index contributed by atoms with van der Waals surface area (Å²) in [5, 5.41) is 0. The van der Waals surface area contributed by atoms with Crippen LogP contribution in [0.15, 0.2) is 47.4 Å². The molecule has 3 rings (SSSR count). The number of likely N-dealkylation sites (tertiary alicyclic amines) is 1. The number of methoxy groups -OCH3 is 1. The van der Waals surface area contributed by atoms with E-state index in [1.165, 1.54) is 12.0 Å². The Morgan fingerprint density at radius 1 is 1.13 bits per heavy atom. The lowest BCUT2D eigenvalue weighted by molar-refractivity contribution is -0.145. The van der Waals surface area contributed by atoms with Crippen LogP contribution in [0.4, 0.5) is 0 Å². The Bertz CT molecular complexity index is 961. The van der Waals surface area contributed by atoms with Crippen molar-refractivity contribution < 1.29 is 14.3 Å².